The molecule has 0 radical (unpaired) electrons. The van der Waals surface area contributed by atoms with Crippen LogP contribution >= 0.6 is 0 Å². The predicted molar refractivity (Wildman–Crippen MR) is 105 cm³/mol. The number of methoxy groups -OCH3 is 1. The molecule has 9 nitrogen and oxygen atoms in total. The molecule has 0 aliphatic carbocycles. The number of amides is 1. The van der Waals surface area contributed by atoms with Crippen molar-refractivity contribution in [1.82, 2.24) is 25.0 Å². The fraction of sp³-hybridized carbons (Fsp3) is 0.316. The molecule has 3 aromatic rings. The standard InChI is InChI=1S/C19H19N5O4S/c1-24-7-5-12(18(24)25)17-10-16(23-28-17)15-9-11(27-2)8-14(21-15)13-4-6-20-19(22-13)29(3)26/h4,6,8-10,12H,5,7H2,1-3H3. The number of likely N-dealkylation sites (tertiary alicyclic amines) is 1. The molecule has 1 amide bonds. The van der Waals surface area contributed by atoms with Crippen LogP contribution in [-0.2, 0) is 16.0 Å². The van der Waals surface area contributed by atoms with Gasteiger partial charge in [0.25, 0.3) is 0 Å². The topological polar surface area (TPSA) is 117 Å². The molecule has 0 aromatic carbocycles. The summed E-state index contributed by atoms with van der Waals surface area (Å²) in [6.07, 6.45) is 3.75. The van der Waals surface area contributed by atoms with Crippen LogP contribution in [0.15, 0.2) is 40.1 Å². The van der Waals surface area contributed by atoms with Crippen LogP contribution in [0.5, 0.6) is 5.75 Å². The third-order valence-corrected chi connectivity index (χ3v) is 5.46. The highest BCUT2D eigenvalue weighted by Gasteiger charge is 2.33. The van der Waals surface area contributed by atoms with Gasteiger partial charge < -0.3 is 18.7 Å². The van der Waals surface area contributed by atoms with Crippen molar-refractivity contribution in [2.75, 3.05) is 27.0 Å². The maximum absolute atomic E-state index is 12.2. The van der Waals surface area contributed by atoms with Crippen molar-refractivity contribution in [3.8, 4) is 28.5 Å². The monoisotopic (exact) mass is 413 g/mol. The first kappa shape index (κ1) is 19.3. The van der Waals surface area contributed by atoms with E-state index in [4.69, 9.17) is 9.26 Å². The van der Waals surface area contributed by atoms with E-state index in [9.17, 15) is 9.35 Å². The van der Waals surface area contributed by atoms with Crippen LogP contribution in [0.25, 0.3) is 22.8 Å². The van der Waals surface area contributed by atoms with Crippen LogP contribution in [0.3, 0.4) is 0 Å². The number of ether oxygens (including phenoxy) is 1. The maximum Gasteiger partial charge on any atom is 0.343 e. The van der Waals surface area contributed by atoms with Gasteiger partial charge in [0, 0.05) is 49.2 Å². The molecule has 2 atom stereocenters. The van der Waals surface area contributed by atoms with Crippen molar-refractivity contribution >= 4 is 17.1 Å². The fourth-order valence-corrected chi connectivity index (χ4v) is 3.60. The minimum atomic E-state index is -1.31. The second kappa shape index (κ2) is 7.80. The lowest BCUT2D eigenvalue weighted by molar-refractivity contribution is -0.128. The van der Waals surface area contributed by atoms with Gasteiger partial charge in [0.15, 0.2) is 0 Å². The van der Waals surface area contributed by atoms with E-state index in [-0.39, 0.29) is 17.0 Å². The normalized spacial score (nSPS) is 17.6. The van der Waals surface area contributed by atoms with Gasteiger partial charge in [-0.2, -0.15) is 9.97 Å². The highest BCUT2D eigenvalue weighted by Crippen LogP contribution is 2.32. The number of carbonyl (C=O) groups is 1. The van der Waals surface area contributed by atoms with Crippen LogP contribution < -0.4 is 4.74 Å². The summed E-state index contributed by atoms with van der Waals surface area (Å²) in [5.74, 6) is 0.776. The number of likely N-dealkylation sites (N-methyl/N-ethyl adjacent to an activating group) is 1. The van der Waals surface area contributed by atoms with Crippen LogP contribution in [0.4, 0.5) is 0 Å². The van der Waals surface area contributed by atoms with Crippen LogP contribution in [-0.4, -0.2) is 62.4 Å². The molecule has 4 heterocycles. The molecule has 0 saturated carbocycles. The predicted octanol–water partition coefficient (Wildman–Crippen LogP) is 1.89. The Morgan fingerprint density at radius 2 is 1.97 bits per heavy atom. The van der Waals surface area contributed by atoms with Gasteiger partial charge in [-0.1, -0.05) is 5.16 Å². The van der Waals surface area contributed by atoms with E-state index in [1.165, 1.54) is 12.5 Å². The van der Waals surface area contributed by atoms with Gasteiger partial charge in [-0.15, -0.1) is 0 Å². The summed E-state index contributed by atoms with van der Waals surface area (Å²) in [6.45, 7) is 0.690. The lowest BCUT2D eigenvalue weighted by Gasteiger charge is -2.08. The van der Waals surface area contributed by atoms with E-state index in [1.807, 2.05) is 0 Å². The van der Waals surface area contributed by atoms with Gasteiger partial charge >= 0.3 is 5.16 Å². The summed E-state index contributed by atoms with van der Waals surface area (Å²) in [6, 6.07) is 6.88. The average Bonchev–Trinajstić information content (AvgIpc) is 3.35. The molecule has 0 bridgehead atoms. The van der Waals surface area contributed by atoms with E-state index in [1.54, 1.807) is 43.3 Å². The molecular formula is C19H19N5O4S. The molecule has 10 heteroatoms. The lowest BCUT2D eigenvalue weighted by Crippen LogP contribution is -2.21. The Bertz CT molecular complexity index is 1050. The largest absolute Gasteiger partial charge is 0.609 e. The molecule has 0 spiro atoms. The minimum Gasteiger partial charge on any atom is -0.609 e. The zero-order valence-corrected chi connectivity index (χ0v) is 17.0. The van der Waals surface area contributed by atoms with Crippen molar-refractivity contribution in [2.45, 2.75) is 17.5 Å². The second-order valence-electron chi connectivity index (χ2n) is 6.67. The molecule has 1 saturated heterocycles. The molecule has 1 aliphatic rings. The van der Waals surface area contributed by atoms with Crippen molar-refractivity contribution in [3.05, 3.63) is 36.2 Å². The van der Waals surface area contributed by atoms with Gasteiger partial charge in [-0.3, -0.25) is 4.79 Å². The lowest BCUT2D eigenvalue weighted by atomic mass is 10.0. The Hall–Kier alpha value is -2.98. The smallest absolute Gasteiger partial charge is 0.343 e. The first-order valence-corrected chi connectivity index (χ1v) is 10.5. The Morgan fingerprint density at radius 1 is 1.21 bits per heavy atom. The van der Waals surface area contributed by atoms with Crippen LogP contribution in [0, 0.1) is 0 Å². The summed E-state index contributed by atoms with van der Waals surface area (Å²) in [5, 5.41) is 4.32. The number of rotatable bonds is 5. The number of pyridine rings is 1. The first-order chi connectivity index (χ1) is 14.0. The number of nitrogens with zero attached hydrogens (tertiary/aromatic N) is 5. The Kier molecular flexibility index (Phi) is 5.20. The molecule has 3 aromatic heterocycles. The van der Waals surface area contributed by atoms with Crippen molar-refractivity contribution in [2.24, 2.45) is 0 Å². The maximum atomic E-state index is 12.2. The number of hydrogen-bond acceptors (Lipinski definition) is 8. The fourth-order valence-electron chi connectivity index (χ4n) is 3.17. The Labute approximate surface area is 170 Å². The zero-order chi connectivity index (χ0) is 20.5. The Morgan fingerprint density at radius 3 is 2.62 bits per heavy atom. The van der Waals surface area contributed by atoms with E-state index in [0.29, 0.717) is 47.3 Å². The highest BCUT2D eigenvalue weighted by atomic mass is 32.2. The molecule has 4 rings (SSSR count). The van der Waals surface area contributed by atoms with Crippen molar-refractivity contribution in [1.29, 1.82) is 0 Å². The third-order valence-electron chi connectivity index (χ3n) is 4.75. The number of hydrogen-bond donors (Lipinski definition) is 0. The molecule has 1 aliphatic heterocycles. The van der Waals surface area contributed by atoms with Gasteiger partial charge in [-0.05, 0) is 12.5 Å². The number of aromatic nitrogens is 4. The number of carbonyl (C=O) groups excluding carboxylic acids is 1. The summed E-state index contributed by atoms with van der Waals surface area (Å²) in [4.78, 5) is 26.9. The summed E-state index contributed by atoms with van der Waals surface area (Å²) in [5.41, 5.74) is 2.05. The van der Waals surface area contributed by atoms with E-state index < -0.39 is 11.2 Å². The van der Waals surface area contributed by atoms with Gasteiger partial charge in [0.05, 0.1) is 24.2 Å². The molecular weight excluding hydrogens is 394 g/mol. The highest BCUT2D eigenvalue weighted by molar-refractivity contribution is 7.90. The molecule has 29 heavy (non-hydrogen) atoms. The van der Waals surface area contributed by atoms with Crippen molar-refractivity contribution < 1.29 is 18.6 Å². The van der Waals surface area contributed by atoms with E-state index in [0.717, 1.165) is 0 Å². The zero-order valence-electron chi connectivity index (χ0n) is 16.2. The van der Waals surface area contributed by atoms with Crippen LogP contribution in [0.1, 0.15) is 18.1 Å². The van der Waals surface area contributed by atoms with Gasteiger partial charge in [0.2, 0.25) is 5.91 Å². The second-order valence-corrected chi connectivity index (χ2v) is 7.95. The molecule has 0 N–H and O–H groups in total. The summed E-state index contributed by atoms with van der Waals surface area (Å²) >= 11 is -1.31. The third kappa shape index (κ3) is 3.81. The SMILES string of the molecule is COc1cc(-c2cc(C3CCN(C)C3=O)on2)nc(-c2ccnc([S+](C)[O-])n2)c1. The van der Waals surface area contributed by atoms with Crippen molar-refractivity contribution in [3.63, 3.8) is 0 Å². The van der Waals surface area contributed by atoms with E-state index >= 15 is 0 Å². The van der Waals surface area contributed by atoms with Crippen LogP contribution in [0.2, 0.25) is 0 Å². The van der Waals surface area contributed by atoms with Gasteiger partial charge in [-0.25, -0.2) is 4.98 Å². The molecule has 150 valence electrons. The molecule has 2 unspecified atom stereocenters. The summed E-state index contributed by atoms with van der Waals surface area (Å²) < 4.78 is 22.5. The van der Waals surface area contributed by atoms with Gasteiger partial charge in [0.1, 0.15) is 29.4 Å². The summed E-state index contributed by atoms with van der Waals surface area (Å²) in [7, 11) is 3.32. The Balaban J connectivity index is 1.71. The average molecular weight is 413 g/mol. The first-order valence-electron chi connectivity index (χ1n) is 8.91. The quantitative estimate of drug-likeness (QED) is 0.460. The minimum absolute atomic E-state index is 0.0214. The molecule has 1 fully saturated rings. The van der Waals surface area contributed by atoms with E-state index in [2.05, 4.69) is 20.1 Å².